The molecule has 0 aromatic carbocycles. The average molecular weight is 249 g/mol. The number of carbonyl (C=O) groups is 1. The van der Waals surface area contributed by atoms with E-state index in [-0.39, 0.29) is 24.0 Å². The molecule has 0 spiro atoms. The Hall–Kier alpha value is -1.49. The average Bonchev–Trinajstić information content (AvgIpc) is 2.62. The van der Waals surface area contributed by atoms with Crippen molar-refractivity contribution >= 4 is 5.91 Å². The Balaban J connectivity index is 1.83. The zero-order valence-corrected chi connectivity index (χ0v) is 10.1. The smallest absolute Gasteiger partial charge is 0.272 e. The summed E-state index contributed by atoms with van der Waals surface area (Å²) in [4.78, 5) is 18.2. The first-order valence-electron chi connectivity index (χ1n) is 6.35. The third-order valence-corrected chi connectivity index (χ3v) is 3.95. The van der Waals surface area contributed by atoms with Gasteiger partial charge in [0.05, 0.1) is 6.20 Å². The van der Waals surface area contributed by atoms with Crippen LogP contribution in [-0.4, -0.2) is 33.9 Å². The van der Waals surface area contributed by atoms with E-state index in [4.69, 9.17) is 5.73 Å². The van der Waals surface area contributed by atoms with Crippen LogP contribution in [-0.2, 0) is 0 Å². The summed E-state index contributed by atoms with van der Waals surface area (Å²) in [5.41, 5.74) is 6.30. The molecular weight excluding hydrogens is 233 g/mol. The minimum atomic E-state index is -0.421. The van der Waals surface area contributed by atoms with E-state index in [1.807, 2.05) is 4.90 Å². The highest BCUT2D eigenvalue weighted by Gasteiger charge is 2.42. The van der Waals surface area contributed by atoms with Crippen LogP contribution in [0.1, 0.15) is 36.2 Å². The van der Waals surface area contributed by atoms with Crippen LogP contribution in [0.15, 0.2) is 18.3 Å². The van der Waals surface area contributed by atoms with Gasteiger partial charge in [0, 0.05) is 18.1 Å². The third-order valence-electron chi connectivity index (χ3n) is 3.95. The van der Waals surface area contributed by atoms with Crippen molar-refractivity contribution in [3.05, 3.63) is 29.8 Å². The maximum absolute atomic E-state index is 12.8. The minimum Gasteiger partial charge on any atom is -0.331 e. The van der Waals surface area contributed by atoms with Gasteiger partial charge in [0.2, 0.25) is 0 Å². The molecule has 2 N–H and O–H groups in total. The van der Waals surface area contributed by atoms with E-state index in [1.54, 1.807) is 0 Å². The molecule has 0 saturated carbocycles. The Labute approximate surface area is 105 Å². The van der Waals surface area contributed by atoms with Crippen molar-refractivity contribution in [1.82, 2.24) is 9.88 Å². The highest BCUT2D eigenvalue weighted by Crippen LogP contribution is 2.35. The maximum Gasteiger partial charge on any atom is 0.272 e. The second-order valence-electron chi connectivity index (χ2n) is 5.19. The number of fused-ring (bicyclic) bond motifs is 2. The number of pyridine rings is 1. The molecule has 2 bridgehead atoms. The first-order valence-corrected chi connectivity index (χ1v) is 6.35. The summed E-state index contributed by atoms with van der Waals surface area (Å²) in [6, 6.07) is 3.40. The van der Waals surface area contributed by atoms with Gasteiger partial charge in [0.1, 0.15) is 11.5 Å². The summed E-state index contributed by atoms with van der Waals surface area (Å²) >= 11 is 0. The van der Waals surface area contributed by atoms with Crippen LogP contribution in [0.4, 0.5) is 4.39 Å². The normalized spacial score (nSPS) is 30.6. The molecule has 2 aliphatic heterocycles. The van der Waals surface area contributed by atoms with Gasteiger partial charge < -0.3 is 10.6 Å². The maximum atomic E-state index is 12.8. The molecular formula is C13H16FN3O. The highest BCUT2D eigenvalue weighted by atomic mass is 19.1. The van der Waals surface area contributed by atoms with Crippen LogP contribution in [0.3, 0.4) is 0 Å². The van der Waals surface area contributed by atoms with Gasteiger partial charge in [-0.25, -0.2) is 9.37 Å². The minimum absolute atomic E-state index is 0.0885. The lowest BCUT2D eigenvalue weighted by atomic mass is 9.98. The van der Waals surface area contributed by atoms with Gasteiger partial charge in [-0.15, -0.1) is 0 Å². The summed E-state index contributed by atoms with van der Waals surface area (Å²) < 4.78 is 12.8. The number of piperidine rings is 1. The van der Waals surface area contributed by atoms with E-state index in [1.165, 1.54) is 12.1 Å². The van der Waals surface area contributed by atoms with E-state index in [0.29, 0.717) is 5.69 Å². The highest BCUT2D eigenvalue weighted by molar-refractivity contribution is 5.93. The van der Waals surface area contributed by atoms with Crippen molar-refractivity contribution in [2.75, 3.05) is 0 Å². The molecule has 1 aromatic heterocycles. The molecule has 0 aliphatic carbocycles. The number of nitrogens with two attached hydrogens (primary N) is 1. The van der Waals surface area contributed by atoms with Gasteiger partial charge in [-0.1, -0.05) is 0 Å². The molecule has 1 amide bonds. The topological polar surface area (TPSA) is 59.2 Å². The van der Waals surface area contributed by atoms with Gasteiger partial charge in [-0.05, 0) is 37.8 Å². The summed E-state index contributed by atoms with van der Waals surface area (Å²) in [5.74, 6) is -0.510. The number of nitrogens with zero attached hydrogens (tertiary/aromatic N) is 2. The molecule has 5 heteroatoms. The SMILES string of the molecule is NC1CC2CCC(C1)N2C(=O)c1ccc(F)cn1. The Morgan fingerprint density at radius 2 is 2.00 bits per heavy atom. The van der Waals surface area contributed by atoms with E-state index in [2.05, 4.69) is 4.98 Å². The van der Waals surface area contributed by atoms with Crippen LogP contribution in [0.2, 0.25) is 0 Å². The zero-order valence-electron chi connectivity index (χ0n) is 10.1. The molecule has 0 radical (unpaired) electrons. The lowest BCUT2D eigenvalue weighted by Gasteiger charge is -2.37. The number of halogens is 1. The number of hydrogen-bond donors (Lipinski definition) is 1. The van der Waals surface area contributed by atoms with Crippen molar-refractivity contribution in [2.24, 2.45) is 5.73 Å². The van der Waals surface area contributed by atoms with Gasteiger partial charge in [-0.3, -0.25) is 4.79 Å². The largest absolute Gasteiger partial charge is 0.331 e. The molecule has 3 rings (SSSR count). The lowest BCUT2D eigenvalue weighted by Crippen LogP contribution is -2.50. The summed E-state index contributed by atoms with van der Waals surface area (Å²) in [7, 11) is 0. The first-order chi connectivity index (χ1) is 8.65. The fourth-order valence-corrected chi connectivity index (χ4v) is 3.19. The molecule has 1 aromatic rings. The van der Waals surface area contributed by atoms with Crippen LogP contribution in [0.5, 0.6) is 0 Å². The second kappa shape index (κ2) is 4.31. The molecule has 2 fully saturated rings. The predicted molar refractivity (Wildman–Crippen MR) is 64.4 cm³/mol. The van der Waals surface area contributed by atoms with Crippen molar-refractivity contribution < 1.29 is 9.18 Å². The third kappa shape index (κ3) is 1.88. The summed E-state index contributed by atoms with van der Waals surface area (Å²) in [5, 5.41) is 0. The van der Waals surface area contributed by atoms with Gasteiger partial charge in [0.15, 0.2) is 0 Å². The van der Waals surface area contributed by atoms with Crippen molar-refractivity contribution in [3.8, 4) is 0 Å². The number of amides is 1. The number of carbonyl (C=O) groups excluding carboxylic acids is 1. The molecule has 2 aliphatic rings. The monoisotopic (exact) mass is 249 g/mol. The van der Waals surface area contributed by atoms with E-state index < -0.39 is 5.82 Å². The van der Waals surface area contributed by atoms with Crippen LogP contribution >= 0.6 is 0 Å². The molecule has 18 heavy (non-hydrogen) atoms. The Kier molecular flexibility index (Phi) is 2.78. The zero-order chi connectivity index (χ0) is 12.7. The van der Waals surface area contributed by atoms with Crippen LogP contribution < -0.4 is 5.73 Å². The fourth-order valence-electron chi connectivity index (χ4n) is 3.19. The number of hydrogen-bond acceptors (Lipinski definition) is 3. The van der Waals surface area contributed by atoms with E-state index in [9.17, 15) is 9.18 Å². The molecule has 2 atom stereocenters. The number of aromatic nitrogens is 1. The second-order valence-corrected chi connectivity index (χ2v) is 5.19. The molecule has 4 nitrogen and oxygen atoms in total. The number of rotatable bonds is 1. The van der Waals surface area contributed by atoms with Crippen molar-refractivity contribution in [3.63, 3.8) is 0 Å². The van der Waals surface area contributed by atoms with Gasteiger partial charge >= 0.3 is 0 Å². The van der Waals surface area contributed by atoms with Crippen LogP contribution in [0, 0.1) is 5.82 Å². The lowest BCUT2D eigenvalue weighted by molar-refractivity contribution is 0.0569. The Morgan fingerprint density at radius 3 is 2.56 bits per heavy atom. The van der Waals surface area contributed by atoms with Gasteiger partial charge in [0.25, 0.3) is 5.91 Å². The quantitative estimate of drug-likeness (QED) is 0.816. The van der Waals surface area contributed by atoms with Crippen molar-refractivity contribution in [2.45, 2.75) is 43.8 Å². The van der Waals surface area contributed by atoms with E-state index >= 15 is 0 Å². The molecule has 2 saturated heterocycles. The fraction of sp³-hybridized carbons (Fsp3) is 0.538. The van der Waals surface area contributed by atoms with Crippen LogP contribution in [0.25, 0.3) is 0 Å². The molecule has 3 heterocycles. The predicted octanol–water partition coefficient (Wildman–Crippen LogP) is 1.31. The summed E-state index contributed by atoms with van der Waals surface area (Å²) in [6.45, 7) is 0. The standard InChI is InChI=1S/C13H16FN3O/c14-8-1-4-12(16-7-8)13(18)17-10-2-3-11(17)6-9(15)5-10/h1,4,7,9-11H,2-3,5-6,15H2. The molecule has 2 unspecified atom stereocenters. The Morgan fingerprint density at radius 1 is 1.33 bits per heavy atom. The van der Waals surface area contributed by atoms with E-state index in [0.717, 1.165) is 31.9 Å². The molecule has 96 valence electrons. The van der Waals surface area contributed by atoms with Gasteiger partial charge in [-0.2, -0.15) is 0 Å². The van der Waals surface area contributed by atoms with Crippen molar-refractivity contribution in [1.29, 1.82) is 0 Å². The Bertz CT molecular complexity index is 448. The first kappa shape index (κ1) is 11.6. The summed E-state index contributed by atoms with van der Waals surface area (Å²) in [6.07, 6.45) is 4.86.